The molecule has 0 aliphatic heterocycles. The van der Waals surface area contributed by atoms with Gasteiger partial charge in [-0.15, -0.1) is 0 Å². The molecule has 8 aromatic carbocycles. The van der Waals surface area contributed by atoms with Crippen LogP contribution in [0, 0.1) is 0 Å². The molecule has 0 aromatic heterocycles. The summed E-state index contributed by atoms with van der Waals surface area (Å²) in [7, 11) is 0. The van der Waals surface area contributed by atoms with Crippen LogP contribution in [-0.4, -0.2) is 0 Å². The van der Waals surface area contributed by atoms with E-state index >= 15 is 0 Å². The van der Waals surface area contributed by atoms with Crippen molar-refractivity contribution < 1.29 is 17.8 Å². The van der Waals surface area contributed by atoms with E-state index in [2.05, 4.69) is 51.3 Å². The zero-order valence-electron chi connectivity index (χ0n) is 38.8. The molecule has 0 saturated carbocycles. The molecule has 9 rings (SSSR count). The molecular formula is C47H34. The van der Waals surface area contributed by atoms with E-state index in [1.54, 1.807) is 6.07 Å². The zero-order chi connectivity index (χ0) is 43.2. The lowest BCUT2D eigenvalue weighted by Gasteiger charge is -2.36. The normalized spacial score (nSPS) is 17.9. The van der Waals surface area contributed by atoms with Gasteiger partial charge in [0.15, 0.2) is 0 Å². The number of rotatable bonds is 5. The van der Waals surface area contributed by atoms with E-state index < -0.39 is 78.1 Å². The van der Waals surface area contributed by atoms with Crippen molar-refractivity contribution in [1.82, 2.24) is 0 Å². The van der Waals surface area contributed by atoms with Gasteiger partial charge in [-0.25, -0.2) is 0 Å². The van der Waals surface area contributed by atoms with Gasteiger partial charge < -0.3 is 0 Å². The maximum atomic E-state index is 9.42. The Labute approximate surface area is 294 Å². The Hall–Kier alpha value is -5.72. The van der Waals surface area contributed by atoms with Crippen LogP contribution in [0.4, 0.5) is 0 Å². The Balaban J connectivity index is 1.40. The SMILES string of the molecule is [2H]c1c([2H])c([2H])c(-c2c([2H])c([2H])c3c([2H])c([2H])c4c(-c5cccc(-c6ccc7c8c(cccc68)C(C=C)=C(C=C)C7(C)C)c5)c([2H])c([2H])c5c([2H])c([2H])c2c3c54)c([2H])c1[2H]. The first-order valence-electron chi connectivity index (χ1n) is 21.9. The largest absolute Gasteiger partial charge is 0.0987 e. The Bertz CT molecular complexity index is 3330. The van der Waals surface area contributed by atoms with Crippen molar-refractivity contribution in [2.24, 2.45) is 0 Å². The summed E-state index contributed by atoms with van der Waals surface area (Å²) >= 11 is 0. The van der Waals surface area contributed by atoms with Crippen molar-refractivity contribution in [1.29, 1.82) is 0 Å². The van der Waals surface area contributed by atoms with Crippen LogP contribution in [0.1, 0.15) is 42.8 Å². The molecule has 8 aromatic rings. The molecule has 1 aliphatic carbocycles. The summed E-state index contributed by atoms with van der Waals surface area (Å²) < 4.78 is 117. The van der Waals surface area contributed by atoms with E-state index in [1.165, 1.54) is 0 Å². The van der Waals surface area contributed by atoms with Crippen molar-refractivity contribution in [2.75, 3.05) is 0 Å². The topological polar surface area (TPSA) is 0 Å². The van der Waals surface area contributed by atoms with Gasteiger partial charge in [-0.3, -0.25) is 0 Å². The van der Waals surface area contributed by atoms with Crippen LogP contribution < -0.4 is 0 Å². The highest BCUT2D eigenvalue weighted by molar-refractivity contribution is 6.27. The smallest absolute Gasteiger partial charge is 0.0630 e. The molecule has 0 N–H and O–H groups in total. The molecule has 0 atom stereocenters. The number of hydrogen-bond acceptors (Lipinski definition) is 0. The zero-order valence-corrected chi connectivity index (χ0v) is 25.8. The highest BCUT2D eigenvalue weighted by Crippen LogP contribution is 2.49. The van der Waals surface area contributed by atoms with Gasteiger partial charge in [0, 0.05) is 5.41 Å². The van der Waals surface area contributed by atoms with Crippen LogP contribution in [0.15, 0.2) is 164 Å². The lowest BCUT2D eigenvalue weighted by Crippen LogP contribution is -2.24. The lowest BCUT2D eigenvalue weighted by atomic mass is 9.67. The second-order valence-corrected chi connectivity index (χ2v) is 12.3. The quantitative estimate of drug-likeness (QED) is 0.170. The Morgan fingerprint density at radius 2 is 1.15 bits per heavy atom. The van der Waals surface area contributed by atoms with Gasteiger partial charge in [0.2, 0.25) is 0 Å². The van der Waals surface area contributed by atoms with Gasteiger partial charge in [-0.2, -0.15) is 0 Å². The van der Waals surface area contributed by atoms with E-state index in [4.69, 9.17) is 9.60 Å². The average Bonchev–Trinajstić information content (AvgIpc) is 3.23. The highest BCUT2D eigenvalue weighted by atomic mass is 14.4. The second kappa shape index (κ2) is 10.1. The summed E-state index contributed by atoms with van der Waals surface area (Å²) in [4.78, 5) is 0. The van der Waals surface area contributed by atoms with Crippen molar-refractivity contribution in [2.45, 2.75) is 19.3 Å². The van der Waals surface area contributed by atoms with Gasteiger partial charge in [-0.05, 0) is 105 Å². The molecule has 0 bridgehead atoms. The Morgan fingerprint density at radius 1 is 0.532 bits per heavy atom. The van der Waals surface area contributed by atoms with Crippen LogP contribution in [0.2, 0.25) is 0 Å². The standard InChI is InChI=1S/C47H34/c1-5-34-38-16-11-17-39-37(26-27-43(46(38)39)47(3,4)42(34)6-2)33-15-10-14-32(28-33)36-23-19-31-20-24-40-35(29-12-8-7-9-13-29)22-18-30-21-25-41(36)45(31)44(30)40/h5-28H,1-2H2,3-4H3/i7D,8D,9D,12D,13D,18D,19D,20D,21D,22D,23D,24D,25D. The minimum Gasteiger partial charge on any atom is -0.0987 e. The number of benzene rings is 8. The van der Waals surface area contributed by atoms with Gasteiger partial charge in [0.1, 0.15) is 0 Å². The first kappa shape index (κ1) is 17.3. The number of allylic oxidation sites excluding steroid dienone is 4. The summed E-state index contributed by atoms with van der Waals surface area (Å²) in [5.41, 5.74) is 5.27. The van der Waals surface area contributed by atoms with Gasteiger partial charge in [-0.1, -0.05) is 166 Å². The average molecular weight is 612 g/mol. The van der Waals surface area contributed by atoms with Crippen molar-refractivity contribution in [3.8, 4) is 33.4 Å². The molecule has 0 radical (unpaired) electrons. The predicted molar refractivity (Wildman–Crippen MR) is 204 cm³/mol. The third-order valence-corrected chi connectivity index (χ3v) is 9.59. The third kappa shape index (κ3) is 3.88. The molecule has 0 heteroatoms. The van der Waals surface area contributed by atoms with Crippen molar-refractivity contribution >= 4 is 48.7 Å². The fourth-order valence-corrected chi connectivity index (χ4v) is 7.42. The molecule has 0 spiro atoms. The molecular weight excluding hydrogens is 565 g/mol. The van der Waals surface area contributed by atoms with Crippen molar-refractivity contribution in [3.63, 3.8) is 0 Å². The number of hydrogen-bond donors (Lipinski definition) is 0. The highest BCUT2D eigenvalue weighted by Gasteiger charge is 2.33. The Kier molecular flexibility index (Phi) is 3.73. The van der Waals surface area contributed by atoms with Crippen LogP contribution in [0.5, 0.6) is 0 Å². The van der Waals surface area contributed by atoms with E-state index in [0.29, 0.717) is 5.56 Å². The molecule has 0 fully saturated rings. The van der Waals surface area contributed by atoms with Crippen LogP contribution >= 0.6 is 0 Å². The molecule has 0 saturated heterocycles. The molecule has 0 amide bonds. The minimum atomic E-state index is -0.692. The molecule has 0 unspecified atom stereocenters. The fourth-order valence-electron chi connectivity index (χ4n) is 7.42. The minimum absolute atomic E-state index is 0.0214. The molecule has 47 heavy (non-hydrogen) atoms. The van der Waals surface area contributed by atoms with Crippen LogP contribution in [0.25, 0.3) is 82.0 Å². The van der Waals surface area contributed by atoms with E-state index in [0.717, 1.165) is 44.2 Å². The summed E-state index contributed by atoms with van der Waals surface area (Å²) in [6, 6.07) is 10.3. The van der Waals surface area contributed by atoms with E-state index in [9.17, 15) is 8.22 Å². The fraction of sp³-hybridized carbons (Fsp3) is 0.0638. The molecule has 0 heterocycles. The summed E-state index contributed by atoms with van der Waals surface area (Å²) in [6.07, 6.45) is 3.74. The van der Waals surface area contributed by atoms with Crippen LogP contribution in [-0.2, 0) is 5.41 Å². The van der Waals surface area contributed by atoms with Gasteiger partial charge >= 0.3 is 0 Å². The second-order valence-electron chi connectivity index (χ2n) is 12.3. The molecule has 1 aliphatic rings. The third-order valence-electron chi connectivity index (χ3n) is 9.59. The maximum absolute atomic E-state index is 9.42. The lowest BCUT2D eigenvalue weighted by molar-refractivity contribution is 0.644. The maximum Gasteiger partial charge on any atom is 0.0630 e. The molecule has 222 valence electrons. The van der Waals surface area contributed by atoms with E-state index in [-0.39, 0.29) is 54.9 Å². The van der Waals surface area contributed by atoms with Crippen LogP contribution in [0.3, 0.4) is 0 Å². The van der Waals surface area contributed by atoms with Gasteiger partial charge in [0.05, 0.1) is 17.8 Å². The summed E-state index contributed by atoms with van der Waals surface area (Å²) in [5, 5.41) is 1.52. The molecule has 0 nitrogen and oxygen atoms in total. The van der Waals surface area contributed by atoms with Gasteiger partial charge in [0.25, 0.3) is 0 Å². The van der Waals surface area contributed by atoms with E-state index in [1.807, 2.05) is 36.4 Å². The Morgan fingerprint density at radius 3 is 1.81 bits per heavy atom. The first-order valence-corrected chi connectivity index (χ1v) is 15.4. The monoisotopic (exact) mass is 611 g/mol. The van der Waals surface area contributed by atoms with Crippen molar-refractivity contribution in [3.05, 3.63) is 175 Å². The summed E-state index contributed by atoms with van der Waals surface area (Å²) in [6.45, 7) is 12.6. The predicted octanol–water partition coefficient (Wildman–Crippen LogP) is 13.2. The summed E-state index contributed by atoms with van der Waals surface area (Å²) in [5.74, 6) is 0. The first-order chi connectivity index (χ1) is 28.4.